The summed E-state index contributed by atoms with van der Waals surface area (Å²) in [6.07, 6.45) is 4.03. The first-order valence-corrected chi connectivity index (χ1v) is 7.06. The average Bonchev–Trinajstić information content (AvgIpc) is 2.55. The molecule has 2 aromatic rings. The smallest absolute Gasteiger partial charge is 0.342 e. The third-order valence-corrected chi connectivity index (χ3v) is 2.97. The lowest BCUT2D eigenvalue weighted by Crippen LogP contribution is -2.08. The van der Waals surface area contributed by atoms with Crippen LogP contribution in [0.5, 0.6) is 5.75 Å². The van der Waals surface area contributed by atoms with Crippen LogP contribution in [0, 0.1) is 0 Å². The number of rotatable bonds is 5. The highest BCUT2D eigenvalue weighted by molar-refractivity contribution is 5.98. The Morgan fingerprint density at radius 3 is 2.39 bits per heavy atom. The predicted octanol–water partition coefficient (Wildman–Crippen LogP) is 2.20. The molecule has 0 amide bonds. The van der Waals surface area contributed by atoms with Gasteiger partial charge < -0.3 is 14.6 Å². The second-order valence-electron chi connectivity index (χ2n) is 4.45. The molecule has 0 aliphatic carbocycles. The fourth-order valence-electron chi connectivity index (χ4n) is 1.95. The van der Waals surface area contributed by atoms with Crippen molar-refractivity contribution in [2.24, 2.45) is 0 Å². The van der Waals surface area contributed by atoms with Gasteiger partial charge in [0.1, 0.15) is 11.3 Å². The van der Waals surface area contributed by atoms with Gasteiger partial charge in [0.25, 0.3) is 0 Å². The van der Waals surface area contributed by atoms with Crippen LogP contribution in [0.2, 0.25) is 0 Å². The summed E-state index contributed by atoms with van der Waals surface area (Å²) in [6.45, 7) is 3.78. The van der Waals surface area contributed by atoms with Crippen molar-refractivity contribution in [2.45, 2.75) is 13.8 Å². The lowest BCUT2D eigenvalue weighted by molar-refractivity contribution is 0.0516. The highest BCUT2D eigenvalue weighted by Gasteiger charge is 2.19. The first-order chi connectivity index (χ1) is 11.1. The second-order valence-corrected chi connectivity index (χ2v) is 4.45. The van der Waals surface area contributed by atoms with Crippen molar-refractivity contribution in [3.8, 4) is 17.0 Å². The summed E-state index contributed by atoms with van der Waals surface area (Å²) in [4.78, 5) is 31.9. The molecule has 0 fully saturated rings. The van der Waals surface area contributed by atoms with Crippen molar-refractivity contribution in [1.29, 1.82) is 0 Å². The van der Waals surface area contributed by atoms with Crippen molar-refractivity contribution in [3.63, 3.8) is 0 Å². The van der Waals surface area contributed by atoms with Crippen molar-refractivity contribution < 1.29 is 24.2 Å². The van der Waals surface area contributed by atoms with Crippen molar-refractivity contribution in [3.05, 3.63) is 41.9 Å². The fraction of sp³-hybridized carbons (Fsp3) is 0.250. The van der Waals surface area contributed by atoms with E-state index in [2.05, 4.69) is 9.97 Å². The SMILES string of the molecule is CCOC(=O)c1cc(-c2cnccc2C(=O)OCC)ncc1O. The molecule has 0 aliphatic rings. The van der Waals surface area contributed by atoms with E-state index in [-0.39, 0.29) is 30.1 Å². The van der Waals surface area contributed by atoms with Crippen LogP contribution in [0.3, 0.4) is 0 Å². The third kappa shape index (κ3) is 3.63. The summed E-state index contributed by atoms with van der Waals surface area (Å²) in [5.74, 6) is -1.48. The summed E-state index contributed by atoms with van der Waals surface area (Å²) < 4.78 is 9.88. The number of aromatic nitrogens is 2. The van der Waals surface area contributed by atoms with Gasteiger partial charge in [-0.2, -0.15) is 0 Å². The van der Waals surface area contributed by atoms with Crippen LogP contribution < -0.4 is 0 Å². The number of pyridine rings is 2. The Morgan fingerprint density at radius 1 is 1.09 bits per heavy atom. The molecule has 0 radical (unpaired) electrons. The van der Waals surface area contributed by atoms with Crippen LogP contribution in [0.25, 0.3) is 11.3 Å². The van der Waals surface area contributed by atoms with Gasteiger partial charge in [0.15, 0.2) is 0 Å². The lowest BCUT2D eigenvalue weighted by atomic mass is 10.1. The van der Waals surface area contributed by atoms with Crippen LogP contribution in [0.1, 0.15) is 34.6 Å². The number of nitrogens with zero attached hydrogens (tertiary/aromatic N) is 2. The number of esters is 2. The van der Waals surface area contributed by atoms with Crippen LogP contribution >= 0.6 is 0 Å². The molecule has 2 rings (SSSR count). The Bertz CT molecular complexity index is 730. The molecule has 0 aliphatic heterocycles. The molecule has 2 heterocycles. The molecule has 0 saturated carbocycles. The molecule has 0 bridgehead atoms. The van der Waals surface area contributed by atoms with Gasteiger partial charge >= 0.3 is 11.9 Å². The molecule has 1 N–H and O–H groups in total. The standard InChI is InChI=1S/C16H16N2O5/c1-3-22-15(20)10-5-6-17-8-12(10)13-7-11(14(19)9-18-13)16(21)23-4-2/h5-9,19H,3-4H2,1-2H3. The highest BCUT2D eigenvalue weighted by atomic mass is 16.5. The zero-order valence-electron chi connectivity index (χ0n) is 12.8. The maximum absolute atomic E-state index is 12.0. The zero-order chi connectivity index (χ0) is 16.8. The highest BCUT2D eigenvalue weighted by Crippen LogP contribution is 2.26. The van der Waals surface area contributed by atoms with Gasteiger partial charge in [0.2, 0.25) is 0 Å². The van der Waals surface area contributed by atoms with Gasteiger partial charge in [-0.1, -0.05) is 0 Å². The van der Waals surface area contributed by atoms with E-state index in [9.17, 15) is 14.7 Å². The molecule has 0 saturated heterocycles. The summed E-state index contributed by atoms with van der Waals surface area (Å²) in [6, 6.07) is 2.86. The van der Waals surface area contributed by atoms with Crippen molar-refractivity contribution in [2.75, 3.05) is 13.2 Å². The molecule has 120 valence electrons. The number of carbonyl (C=O) groups excluding carboxylic acids is 2. The zero-order valence-corrected chi connectivity index (χ0v) is 12.8. The Hall–Kier alpha value is -2.96. The molecule has 0 aromatic carbocycles. The van der Waals surface area contributed by atoms with E-state index in [4.69, 9.17) is 9.47 Å². The molecule has 7 nitrogen and oxygen atoms in total. The number of ether oxygens (including phenoxy) is 2. The van der Waals surface area contributed by atoms with Crippen LogP contribution in [0.15, 0.2) is 30.7 Å². The van der Waals surface area contributed by atoms with E-state index < -0.39 is 11.9 Å². The van der Waals surface area contributed by atoms with Gasteiger partial charge in [-0.05, 0) is 26.0 Å². The van der Waals surface area contributed by atoms with Crippen molar-refractivity contribution in [1.82, 2.24) is 9.97 Å². The first-order valence-electron chi connectivity index (χ1n) is 7.06. The van der Waals surface area contributed by atoms with Crippen LogP contribution in [-0.2, 0) is 9.47 Å². The molecule has 23 heavy (non-hydrogen) atoms. The normalized spacial score (nSPS) is 10.2. The Balaban J connectivity index is 2.49. The topological polar surface area (TPSA) is 98.6 Å². The minimum atomic E-state index is -0.671. The van der Waals surface area contributed by atoms with Crippen LogP contribution in [-0.4, -0.2) is 40.2 Å². The number of aromatic hydroxyl groups is 1. The maximum atomic E-state index is 12.0. The van der Waals surface area contributed by atoms with E-state index in [1.165, 1.54) is 24.5 Å². The van der Waals surface area contributed by atoms with E-state index >= 15 is 0 Å². The number of hydrogen-bond donors (Lipinski definition) is 1. The van der Waals surface area contributed by atoms with Gasteiger partial charge in [-0.15, -0.1) is 0 Å². The summed E-state index contributed by atoms with van der Waals surface area (Å²) in [5.41, 5.74) is 0.948. The van der Waals surface area contributed by atoms with Gasteiger partial charge in [-0.3, -0.25) is 9.97 Å². The van der Waals surface area contributed by atoms with Gasteiger partial charge in [0.05, 0.1) is 30.7 Å². The molecule has 0 spiro atoms. The monoisotopic (exact) mass is 316 g/mol. The minimum Gasteiger partial charge on any atom is -0.505 e. The average molecular weight is 316 g/mol. The summed E-state index contributed by atoms with van der Waals surface area (Å²) >= 11 is 0. The van der Waals surface area contributed by atoms with E-state index in [1.54, 1.807) is 13.8 Å². The summed E-state index contributed by atoms with van der Waals surface area (Å²) in [5, 5.41) is 9.77. The minimum absolute atomic E-state index is 0.0319. The molecule has 7 heteroatoms. The van der Waals surface area contributed by atoms with E-state index in [0.29, 0.717) is 11.3 Å². The molecular formula is C16H16N2O5. The number of carbonyl (C=O) groups is 2. The van der Waals surface area contributed by atoms with E-state index in [0.717, 1.165) is 6.20 Å². The Kier molecular flexibility index (Phi) is 5.24. The largest absolute Gasteiger partial charge is 0.505 e. The van der Waals surface area contributed by atoms with Crippen molar-refractivity contribution >= 4 is 11.9 Å². The Labute approximate surface area is 132 Å². The van der Waals surface area contributed by atoms with E-state index in [1.807, 2.05) is 0 Å². The quantitative estimate of drug-likeness (QED) is 0.844. The van der Waals surface area contributed by atoms with Gasteiger partial charge in [-0.25, -0.2) is 9.59 Å². The van der Waals surface area contributed by atoms with Gasteiger partial charge in [0, 0.05) is 18.0 Å². The predicted molar refractivity (Wildman–Crippen MR) is 81.0 cm³/mol. The molecule has 0 unspecified atom stereocenters. The summed E-state index contributed by atoms with van der Waals surface area (Å²) in [7, 11) is 0. The fourth-order valence-corrected chi connectivity index (χ4v) is 1.95. The maximum Gasteiger partial charge on any atom is 0.342 e. The first kappa shape index (κ1) is 16.4. The molecule has 0 atom stereocenters. The molecule has 2 aromatic heterocycles. The lowest BCUT2D eigenvalue weighted by Gasteiger charge is -2.10. The number of hydrogen-bond acceptors (Lipinski definition) is 7. The second kappa shape index (κ2) is 7.35. The van der Waals surface area contributed by atoms with Crippen LogP contribution in [0.4, 0.5) is 0 Å². The third-order valence-electron chi connectivity index (χ3n) is 2.97. The Morgan fingerprint density at radius 2 is 1.74 bits per heavy atom. The molecular weight excluding hydrogens is 300 g/mol.